The van der Waals surface area contributed by atoms with E-state index in [1.165, 1.54) is 0 Å². The summed E-state index contributed by atoms with van der Waals surface area (Å²) in [4.78, 5) is 0. The fraction of sp³-hybridized carbons (Fsp3) is 0.333. The fourth-order valence-corrected chi connectivity index (χ4v) is 2.43. The fourth-order valence-electron chi connectivity index (χ4n) is 1.59. The molecule has 0 fully saturated rings. The van der Waals surface area contributed by atoms with E-state index < -0.39 is 34.6 Å². The van der Waals surface area contributed by atoms with Crippen molar-refractivity contribution in [1.82, 2.24) is 15.5 Å². The molecule has 0 saturated heterocycles. The number of halogens is 5. The molecule has 21 heavy (non-hydrogen) atoms. The summed E-state index contributed by atoms with van der Waals surface area (Å²) in [7, 11) is 0. The molecule has 0 amide bonds. The highest BCUT2D eigenvalue weighted by molar-refractivity contribution is 7.14. The third kappa shape index (κ3) is 3.03. The van der Waals surface area contributed by atoms with E-state index in [-0.39, 0.29) is 5.01 Å². The molecule has 114 valence electrons. The molecular weight excluding hydrogens is 313 g/mol. The summed E-state index contributed by atoms with van der Waals surface area (Å²) >= 11 is 0.768. The van der Waals surface area contributed by atoms with Crippen LogP contribution in [0, 0.1) is 29.1 Å². The first-order valence-electron chi connectivity index (χ1n) is 6.02. The zero-order valence-electron chi connectivity index (χ0n) is 10.8. The van der Waals surface area contributed by atoms with E-state index in [2.05, 4.69) is 15.5 Å². The predicted octanol–water partition coefficient (Wildman–Crippen LogP) is 3.40. The van der Waals surface area contributed by atoms with Gasteiger partial charge in [-0.05, 0) is 13.0 Å². The van der Waals surface area contributed by atoms with Gasteiger partial charge in [0.2, 0.25) is 5.82 Å². The molecule has 0 spiro atoms. The smallest absolute Gasteiger partial charge is 0.200 e. The Labute approximate surface area is 120 Å². The minimum Gasteiger partial charge on any atom is -0.310 e. The van der Waals surface area contributed by atoms with Crippen LogP contribution in [0.4, 0.5) is 22.0 Å². The first-order chi connectivity index (χ1) is 9.97. The maximum atomic E-state index is 13.6. The Balaban J connectivity index is 2.39. The van der Waals surface area contributed by atoms with E-state index in [9.17, 15) is 22.0 Å². The second kappa shape index (κ2) is 6.44. The van der Waals surface area contributed by atoms with Gasteiger partial charge in [0.15, 0.2) is 28.3 Å². The van der Waals surface area contributed by atoms with Gasteiger partial charge in [0.1, 0.15) is 5.01 Å². The Morgan fingerprint density at radius 3 is 2.05 bits per heavy atom. The highest BCUT2D eigenvalue weighted by atomic mass is 32.1. The van der Waals surface area contributed by atoms with E-state index in [0.717, 1.165) is 17.8 Å². The van der Waals surface area contributed by atoms with Gasteiger partial charge in [0.05, 0.1) is 5.56 Å². The lowest BCUT2D eigenvalue weighted by Gasteiger charge is -2.04. The Morgan fingerprint density at radius 1 is 0.905 bits per heavy atom. The molecule has 0 bridgehead atoms. The molecule has 1 aromatic heterocycles. The van der Waals surface area contributed by atoms with Crippen LogP contribution in [0.5, 0.6) is 0 Å². The van der Waals surface area contributed by atoms with Gasteiger partial charge in [-0.25, -0.2) is 22.0 Å². The van der Waals surface area contributed by atoms with Gasteiger partial charge in [-0.15, -0.1) is 10.2 Å². The molecular formula is C12H10F5N3S. The standard InChI is InChI=1S/C12H10F5N3S/c1-2-3-18-4-5-19-20-12(21-5)6-7(13)9(15)11(17)10(16)8(6)14/h18H,2-4H2,1H3. The van der Waals surface area contributed by atoms with Crippen LogP contribution >= 0.6 is 11.3 Å². The van der Waals surface area contributed by atoms with Crippen molar-refractivity contribution in [3.63, 3.8) is 0 Å². The number of rotatable bonds is 5. The average Bonchev–Trinajstić information content (AvgIpc) is 2.92. The monoisotopic (exact) mass is 323 g/mol. The molecule has 9 heteroatoms. The third-order valence-electron chi connectivity index (χ3n) is 2.59. The first-order valence-corrected chi connectivity index (χ1v) is 6.83. The topological polar surface area (TPSA) is 37.8 Å². The molecule has 0 atom stereocenters. The molecule has 3 nitrogen and oxygen atoms in total. The SMILES string of the molecule is CCCNCc1nnc(-c2c(F)c(F)c(F)c(F)c2F)s1. The van der Waals surface area contributed by atoms with Crippen LogP contribution in [0.3, 0.4) is 0 Å². The minimum atomic E-state index is -2.19. The van der Waals surface area contributed by atoms with Gasteiger partial charge in [-0.1, -0.05) is 18.3 Å². The van der Waals surface area contributed by atoms with Crippen LogP contribution in [-0.2, 0) is 6.54 Å². The largest absolute Gasteiger partial charge is 0.310 e. The molecule has 2 aromatic rings. The molecule has 0 unspecified atom stereocenters. The van der Waals surface area contributed by atoms with Crippen molar-refractivity contribution in [1.29, 1.82) is 0 Å². The lowest BCUT2D eigenvalue weighted by Crippen LogP contribution is -2.13. The van der Waals surface area contributed by atoms with Gasteiger partial charge in [-0.2, -0.15) is 0 Å². The zero-order chi connectivity index (χ0) is 15.6. The summed E-state index contributed by atoms with van der Waals surface area (Å²) in [5.41, 5.74) is -1.05. The molecule has 0 aliphatic heterocycles. The third-order valence-corrected chi connectivity index (χ3v) is 3.53. The summed E-state index contributed by atoms with van der Waals surface area (Å²) in [5, 5.41) is 10.2. The summed E-state index contributed by atoms with van der Waals surface area (Å²) in [6.07, 6.45) is 0.878. The van der Waals surface area contributed by atoms with E-state index in [0.29, 0.717) is 18.1 Å². The Bertz CT molecular complexity index is 630. The van der Waals surface area contributed by atoms with Crippen LogP contribution in [0.2, 0.25) is 0 Å². The quantitative estimate of drug-likeness (QED) is 0.397. The maximum absolute atomic E-state index is 13.6. The highest BCUT2D eigenvalue weighted by Gasteiger charge is 2.28. The molecule has 2 rings (SSSR count). The summed E-state index contributed by atoms with van der Waals surface area (Å²) in [6, 6.07) is 0. The number of aromatic nitrogens is 2. The lowest BCUT2D eigenvalue weighted by molar-refractivity contribution is 0.381. The minimum absolute atomic E-state index is 0.306. The molecule has 1 aromatic carbocycles. The first kappa shape index (κ1) is 15.8. The Kier molecular flexibility index (Phi) is 4.84. The van der Waals surface area contributed by atoms with Crippen LogP contribution in [0.25, 0.3) is 10.6 Å². The summed E-state index contributed by atoms with van der Waals surface area (Å²) in [6.45, 7) is 2.96. The van der Waals surface area contributed by atoms with Gasteiger partial charge in [0, 0.05) is 6.54 Å². The molecule has 1 N–H and O–H groups in total. The van der Waals surface area contributed by atoms with Crippen LogP contribution in [0.15, 0.2) is 0 Å². The highest BCUT2D eigenvalue weighted by Crippen LogP contribution is 2.33. The Hall–Kier alpha value is -1.61. The maximum Gasteiger partial charge on any atom is 0.200 e. The number of nitrogens with zero attached hydrogens (tertiary/aromatic N) is 2. The van der Waals surface area contributed by atoms with Crippen molar-refractivity contribution < 1.29 is 22.0 Å². The number of nitrogens with one attached hydrogen (secondary N) is 1. The van der Waals surface area contributed by atoms with Crippen molar-refractivity contribution >= 4 is 11.3 Å². The van der Waals surface area contributed by atoms with Gasteiger partial charge in [-0.3, -0.25) is 0 Å². The number of hydrogen-bond acceptors (Lipinski definition) is 4. The van der Waals surface area contributed by atoms with Crippen molar-refractivity contribution in [2.45, 2.75) is 19.9 Å². The van der Waals surface area contributed by atoms with Crippen LogP contribution in [0.1, 0.15) is 18.4 Å². The van der Waals surface area contributed by atoms with Gasteiger partial charge >= 0.3 is 0 Å². The van der Waals surface area contributed by atoms with E-state index in [4.69, 9.17) is 0 Å². The number of benzene rings is 1. The summed E-state index contributed by atoms with van der Waals surface area (Å²) < 4.78 is 66.4. The zero-order valence-corrected chi connectivity index (χ0v) is 11.6. The molecule has 0 aliphatic carbocycles. The van der Waals surface area contributed by atoms with Crippen LogP contribution < -0.4 is 5.32 Å². The molecule has 0 saturated carbocycles. The van der Waals surface area contributed by atoms with Crippen LogP contribution in [-0.4, -0.2) is 16.7 Å². The van der Waals surface area contributed by atoms with E-state index >= 15 is 0 Å². The van der Waals surface area contributed by atoms with Crippen molar-refractivity contribution in [3.05, 3.63) is 34.1 Å². The second-order valence-electron chi connectivity index (χ2n) is 4.12. The molecule has 0 aliphatic rings. The predicted molar refractivity (Wildman–Crippen MR) is 67.1 cm³/mol. The average molecular weight is 323 g/mol. The van der Waals surface area contributed by atoms with Crippen molar-refractivity contribution in [2.75, 3.05) is 6.54 Å². The second-order valence-corrected chi connectivity index (χ2v) is 5.18. The summed E-state index contributed by atoms with van der Waals surface area (Å²) in [5.74, 6) is -10.00. The van der Waals surface area contributed by atoms with E-state index in [1.807, 2.05) is 6.92 Å². The lowest BCUT2D eigenvalue weighted by atomic mass is 10.2. The van der Waals surface area contributed by atoms with Crippen molar-refractivity contribution in [2.24, 2.45) is 0 Å². The number of hydrogen-bond donors (Lipinski definition) is 1. The van der Waals surface area contributed by atoms with Gasteiger partial charge < -0.3 is 5.32 Å². The van der Waals surface area contributed by atoms with E-state index in [1.54, 1.807) is 0 Å². The normalized spacial score (nSPS) is 11.1. The Morgan fingerprint density at radius 2 is 1.48 bits per heavy atom. The molecule has 0 radical (unpaired) electrons. The van der Waals surface area contributed by atoms with Crippen molar-refractivity contribution in [3.8, 4) is 10.6 Å². The molecule has 1 heterocycles. The van der Waals surface area contributed by atoms with Gasteiger partial charge in [0.25, 0.3) is 0 Å².